The molecule has 0 amide bonds. The minimum absolute atomic E-state index is 0.668. The molecule has 0 spiro atoms. The number of aromatic nitrogens is 1. The molecule has 0 saturated carbocycles. The molecule has 25 heavy (non-hydrogen) atoms. The minimum atomic E-state index is 0.668. The van der Waals surface area contributed by atoms with Crippen molar-refractivity contribution in [2.75, 3.05) is 25.0 Å². The summed E-state index contributed by atoms with van der Waals surface area (Å²) < 4.78 is 0. The van der Waals surface area contributed by atoms with Gasteiger partial charge in [0, 0.05) is 49.1 Å². The smallest absolute Gasteiger partial charge is 0.0372 e. The number of hydrogen-bond donors (Lipinski definition) is 0. The van der Waals surface area contributed by atoms with Gasteiger partial charge in [0.25, 0.3) is 0 Å². The van der Waals surface area contributed by atoms with Gasteiger partial charge < -0.3 is 4.90 Å². The Morgan fingerprint density at radius 3 is 2.60 bits per heavy atom. The van der Waals surface area contributed by atoms with Gasteiger partial charge in [-0.2, -0.15) is 0 Å². The first-order valence-electron chi connectivity index (χ1n) is 9.12. The van der Waals surface area contributed by atoms with E-state index < -0.39 is 0 Å². The Bertz CT molecular complexity index is 823. The number of piperidine rings is 1. The average molecular weight is 331 g/mol. The summed E-state index contributed by atoms with van der Waals surface area (Å²) in [5.74, 6) is 0. The van der Waals surface area contributed by atoms with Crippen molar-refractivity contribution >= 4 is 16.5 Å². The first-order chi connectivity index (χ1) is 12.3. The fraction of sp³-hybridized carbons (Fsp3) is 0.318. The summed E-state index contributed by atoms with van der Waals surface area (Å²) in [5, 5.41) is 2.49. The van der Waals surface area contributed by atoms with Crippen LogP contribution in [0.25, 0.3) is 10.8 Å². The van der Waals surface area contributed by atoms with Gasteiger partial charge in [-0.1, -0.05) is 36.4 Å². The Morgan fingerprint density at radius 1 is 1.00 bits per heavy atom. The Labute approximate surface area is 149 Å². The number of fused-ring (bicyclic) bond motifs is 1. The average Bonchev–Trinajstić information content (AvgIpc) is 2.68. The third-order valence-corrected chi connectivity index (χ3v) is 5.35. The Hall–Kier alpha value is -2.39. The molecule has 0 aliphatic carbocycles. The van der Waals surface area contributed by atoms with Crippen molar-refractivity contribution in [3.05, 3.63) is 72.6 Å². The van der Waals surface area contributed by atoms with Crippen LogP contribution < -0.4 is 4.90 Å². The van der Waals surface area contributed by atoms with Crippen LogP contribution in [0.1, 0.15) is 18.4 Å². The van der Waals surface area contributed by atoms with Crippen molar-refractivity contribution in [3.8, 4) is 0 Å². The number of anilines is 1. The number of pyridine rings is 1. The molecule has 0 radical (unpaired) electrons. The van der Waals surface area contributed by atoms with E-state index in [9.17, 15) is 0 Å². The second-order valence-corrected chi connectivity index (χ2v) is 7.03. The summed E-state index contributed by atoms with van der Waals surface area (Å²) in [6.07, 6.45) is 6.25. The van der Waals surface area contributed by atoms with E-state index in [1.807, 2.05) is 12.4 Å². The van der Waals surface area contributed by atoms with E-state index in [2.05, 4.69) is 76.4 Å². The molecule has 0 atom stereocenters. The molecule has 0 bridgehead atoms. The van der Waals surface area contributed by atoms with Crippen LogP contribution in [0.3, 0.4) is 0 Å². The van der Waals surface area contributed by atoms with Crippen LogP contribution >= 0.6 is 0 Å². The predicted octanol–water partition coefficient (Wildman–Crippen LogP) is 4.34. The summed E-state index contributed by atoms with van der Waals surface area (Å²) >= 11 is 0. The molecule has 0 N–H and O–H groups in total. The Morgan fingerprint density at radius 2 is 1.80 bits per heavy atom. The lowest BCUT2D eigenvalue weighted by Gasteiger charge is -2.38. The van der Waals surface area contributed by atoms with Gasteiger partial charge in [0.1, 0.15) is 0 Å². The second kappa shape index (κ2) is 7.24. The second-order valence-electron chi connectivity index (χ2n) is 7.03. The molecule has 1 aromatic heterocycles. The summed E-state index contributed by atoms with van der Waals surface area (Å²) in [7, 11) is 2.26. The van der Waals surface area contributed by atoms with Crippen LogP contribution in [-0.4, -0.2) is 36.1 Å². The van der Waals surface area contributed by atoms with E-state index in [0.717, 1.165) is 19.6 Å². The van der Waals surface area contributed by atoms with Crippen molar-refractivity contribution in [1.29, 1.82) is 0 Å². The maximum Gasteiger partial charge on any atom is 0.0372 e. The molecule has 3 nitrogen and oxygen atoms in total. The van der Waals surface area contributed by atoms with Gasteiger partial charge in [-0.15, -0.1) is 0 Å². The molecule has 1 fully saturated rings. The predicted molar refractivity (Wildman–Crippen MR) is 105 cm³/mol. The largest absolute Gasteiger partial charge is 0.371 e. The normalized spacial score (nSPS) is 15.8. The van der Waals surface area contributed by atoms with Crippen LogP contribution in [0, 0.1) is 0 Å². The van der Waals surface area contributed by atoms with Crippen molar-refractivity contribution in [2.45, 2.75) is 25.4 Å². The molecule has 1 aliphatic rings. The van der Waals surface area contributed by atoms with Gasteiger partial charge in [0.05, 0.1) is 0 Å². The fourth-order valence-electron chi connectivity index (χ4n) is 3.83. The van der Waals surface area contributed by atoms with E-state index in [1.165, 1.54) is 34.9 Å². The molecule has 128 valence electrons. The van der Waals surface area contributed by atoms with Crippen molar-refractivity contribution in [3.63, 3.8) is 0 Å². The molecule has 2 heterocycles. The third-order valence-electron chi connectivity index (χ3n) is 5.35. The summed E-state index contributed by atoms with van der Waals surface area (Å²) in [6, 6.07) is 20.3. The number of benzene rings is 2. The minimum Gasteiger partial charge on any atom is -0.371 e. The Balaban J connectivity index is 1.38. The highest BCUT2D eigenvalue weighted by Gasteiger charge is 2.22. The van der Waals surface area contributed by atoms with Crippen LogP contribution in [0.5, 0.6) is 0 Å². The summed E-state index contributed by atoms with van der Waals surface area (Å²) in [5.41, 5.74) is 2.73. The highest BCUT2D eigenvalue weighted by atomic mass is 15.2. The van der Waals surface area contributed by atoms with Crippen LogP contribution in [0.2, 0.25) is 0 Å². The van der Waals surface area contributed by atoms with E-state index >= 15 is 0 Å². The van der Waals surface area contributed by atoms with Gasteiger partial charge in [-0.05, 0) is 49.0 Å². The van der Waals surface area contributed by atoms with Gasteiger partial charge in [0.2, 0.25) is 0 Å². The number of rotatable bonds is 4. The molecule has 1 saturated heterocycles. The van der Waals surface area contributed by atoms with E-state index in [-0.39, 0.29) is 0 Å². The zero-order valence-electron chi connectivity index (χ0n) is 14.8. The highest BCUT2D eigenvalue weighted by Crippen LogP contribution is 2.26. The highest BCUT2D eigenvalue weighted by molar-refractivity contribution is 5.85. The lowest BCUT2D eigenvalue weighted by Crippen LogP contribution is -2.43. The molecule has 2 aromatic carbocycles. The fourth-order valence-corrected chi connectivity index (χ4v) is 3.83. The lowest BCUT2D eigenvalue weighted by molar-refractivity contribution is 0.200. The summed E-state index contributed by atoms with van der Waals surface area (Å²) in [6.45, 7) is 3.29. The molecular weight excluding hydrogens is 306 g/mol. The van der Waals surface area contributed by atoms with Crippen molar-refractivity contribution in [2.24, 2.45) is 0 Å². The van der Waals surface area contributed by atoms with Gasteiger partial charge in [0.15, 0.2) is 0 Å². The van der Waals surface area contributed by atoms with Crippen LogP contribution in [0.4, 0.5) is 5.69 Å². The molecule has 0 unspecified atom stereocenters. The molecule has 3 aromatic rings. The van der Waals surface area contributed by atoms with Crippen molar-refractivity contribution < 1.29 is 0 Å². The third kappa shape index (κ3) is 3.67. The first kappa shape index (κ1) is 16.1. The molecule has 1 aliphatic heterocycles. The van der Waals surface area contributed by atoms with E-state index in [4.69, 9.17) is 0 Å². The van der Waals surface area contributed by atoms with Crippen LogP contribution in [-0.2, 0) is 6.54 Å². The van der Waals surface area contributed by atoms with E-state index in [0.29, 0.717) is 6.04 Å². The molecular formula is C22H25N3. The topological polar surface area (TPSA) is 19.4 Å². The first-order valence-corrected chi connectivity index (χ1v) is 9.12. The van der Waals surface area contributed by atoms with Gasteiger partial charge >= 0.3 is 0 Å². The number of nitrogens with zero attached hydrogens (tertiary/aromatic N) is 3. The zero-order valence-corrected chi connectivity index (χ0v) is 14.8. The lowest BCUT2D eigenvalue weighted by atomic mass is 10.0. The maximum atomic E-state index is 4.20. The van der Waals surface area contributed by atoms with E-state index in [1.54, 1.807) is 0 Å². The standard InChI is InChI=1S/C22H25N3/c1-24(17-18-5-3-2-4-6-18)21-10-13-25(14-11-21)22-8-7-20-16-23-12-9-19(20)15-22/h2-9,12,15-16,21H,10-11,13-14,17H2,1H3. The zero-order chi connectivity index (χ0) is 17.1. The quantitative estimate of drug-likeness (QED) is 0.709. The molecule has 3 heteroatoms. The summed E-state index contributed by atoms with van der Waals surface area (Å²) in [4.78, 5) is 9.23. The van der Waals surface area contributed by atoms with Crippen LogP contribution in [0.15, 0.2) is 67.0 Å². The molecule has 4 rings (SSSR count). The monoisotopic (exact) mass is 331 g/mol. The van der Waals surface area contributed by atoms with Gasteiger partial charge in [-0.25, -0.2) is 0 Å². The van der Waals surface area contributed by atoms with Crippen molar-refractivity contribution in [1.82, 2.24) is 9.88 Å². The number of hydrogen-bond acceptors (Lipinski definition) is 3. The Kier molecular flexibility index (Phi) is 4.66. The van der Waals surface area contributed by atoms with Gasteiger partial charge in [-0.3, -0.25) is 9.88 Å². The SMILES string of the molecule is CN(Cc1ccccc1)C1CCN(c2ccc3cnccc3c2)CC1. The maximum absolute atomic E-state index is 4.20.